The second-order valence-electron chi connectivity index (χ2n) is 3.38. The van der Waals surface area contributed by atoms with E-state index in [9.17, 15) is 0 Å². The second kappa shape index (κ2) is 6.95. The Hall–Kier alpha value is -1.80. The fraction of sp³-hybridized carbons (Fsp3) is 0.294. The third-order valence-electron chi connectivity index (χ3n) is 2.13. The maximum Gasteiger partial charge on any atom is 0.125 e. The van der Waals surface area contributed by atoms with Crippen LogP contribution in [-0.2, 0) is 0 Å². The molecule has 1 N–H and O–H groups in total. The lowest BCUT2D eigenvalue weighted by atomic mass is 10.1. The zero-order valence-corrected chi connectivity index (χ0v) is 9.79. The quantitative estimate of drug-likeness (QED) is 0.863. The lowest BCUT2D eigenvalue weighted by Gasteiger charge is -2.20. The maximum atomic E-state index is 8.86. The van der Waals surface area contributed by atoms with Crippen molar-refractivity contribution < 1.29 is 25.3 Å². The number of benzene rings is 2. The van der Waals surface area contributed by atoms with E-state index in [0.29, 0.717) is 0 Å². The standard InChI is InChI=1S/C17H21NO/c1-14-8-6-7-11-16(14)19-17(12-13-18-2)15-9-4-3-5-10-15/h3-11,17-18H,12-13H2,1-2H3/i1D3,2D3,6D,7D,8D,11D,12D2,13D2,17D. The summed E-state index contributed by atoms with van der Waals surface area (Å²) in [6.45, 7) is -9.85. The lowest BCUT2D eigenvalue weighted by molar-refractivity contribution is 0.193. The molecule has 1 unspecified atom stereocenters. The van der Waals surface area contributed by atoms with Gasteiger partial charge in [0.2, 0.25) is 0 Å². The Morgan fingerprint density at radius 3 is 3.00 bits per heavy atom. The number of nitrogens with one attached hydrogen (secondary N) is 1. The van der Waals surface area contributed by atoms with Gasteiger partial charge < -0.3 is 10.1 Å². The van der Waals surface area contributed by atoms with Crippen molar-refractivity contribution in [2.24, 2.45) is 0 Å². The Kier molecular flexibility index (Phi) is 1.50. The van der Waals surface area contributed by atoms with E-state index in [1.807, 2.05) is 0 Å². The van der Waals surface area contributed by atoms with E-state index in [-0.39, 0.29) is 5.56 Å². The zero-order valence-electron chi connectivity index (χ0n) is 24.8. The molecule has 2 aromatic carbocycles. The summed E-state index contributed by atoms with van der Waals surface area (Å²) in [6.07, 6.45) is -6.80. The zero-order chi connectivity index (χ0) is 26.5. The molecule has 0 amide bonds. The molecule has 0 bridgehead atoms. The van der Waals surface area contributed by atoms with Gasteiger partial charge in [-0.1, -0.05) is 48.5 Å². The molecule has 0 spiro atoms. The summed E-state index contributed by atoms with van der Waals surface area (Å²) < 4.78 is 124. The van der Waals surface area contributed by atoms with Crippen molar-refractivity contribution in [2.45, 2.75) is 19.3 Å². The first-order chi connectivity index (χ1) is 15.2. The van der Waals surface area contributed by atoms with E-state index in [0.717, 1.165) is 12.1 Å². The van der Waals surface area contributed by atoms with Crippen LogP contribution in [0.1, 0.15) is 44.1 Å². The molecule has 0 fully saturated rings. The molecule has 2 nitrogen and oxygen atoms in total. The summed E-state index contributed by atoms with van der Waals surface area (Å²) in [4.78, 5) is 0. The summed E-state index contributed by atoms with van der Waals surface area (Å²) >= 11 is 0. The minimum absolute atomic E-state index is 0.375. The van der Waals surface area contributed by atoms with E-state index in [4.69, 9.17) is 25.3 Å². The molecule has 0 aromatic heterocycles. The van der Waals surface area contributed by atoms with Gasteiger partial charge in [-0.2, -0.15) is 0 Å². The van der Waals surface area contributed by atoms with Crippen LogP contribution >= 0.6 is 0 Å². The van der Waals surface area contributed by atoms with Crippen LogP contribution in [0.4, 0.5) is 0 Å². The molecule has 0 aliphatic carbocycles. The molecule has 2 aromatic rings. The van der Waals surface area contributed by atoms with Gasteiger partial charge in [0, 0.05) is 20.1 Å². The second-order valence-corrected chi connectivity index (χ2v) is 3.38. The van der Waals surface area contributed by atoms with Crippen molar-refractivity contribution >= 4 is 0 Å². The first-order valence-electron chi connectivity index (χ1n) is 12.8. The molecular formula is C17H21NO. The highest BCUT2D eigenvalue weighted by atomic mass is 16.5. The molecule has 0 heterocycles. The first kappa shape index (κ1) is 4.10. The van der Waals surface area contributed by atoms with Crippen molar-refractivity contribution in [3.05, 3.63) is 65.6 Å². The Morgan fingerprint density at radius 1 is 1.37 bits per heavy atom. The highest BCUT2D eigenvalue weighted by Crippen LogP contribution is 2.26. The minimum Gasteiger partial charge on any atom is -0.485 e. The molecule has 0 aliphatic rings. The molecule has 19 heavy (non-hydrogen) atoms. The van der Waals surface area contributed by atoms with Crippen LogP contribution in [-0.4, -0.2) is 13.5 Å². The van der Waals surface area contributed by atoms with E-state index in [1.54, 1.807) is 0 Å². The molecule has 0 saturated carbocycles. The van der Waals surface area contributed by atoms with Crippen molar-refractivity contribution in [1.29, 1.82) is 0 Å². The van der Waals surface area contributed by atoms with Crippen molar-refractivity contribution in [2.75, 3.05) is 13.5 Å². The Balaban J connectivity index is 2.90. The molecule has 0 aliphatic heterocycles. The molecule has 0 radical (unpaired) electrons. The van der Waals surface area contributed by atoms with Crippen LogP contribution in [0.2, 0.25) is 0 Å². The SMILES string of the molecule is [2H]c1c([2H])c([2H])c(C([2H])([2H])[2H])c(OC([2H])(c2ccccc2)C([2H])([2H])C([2H])([2H])NC([2H])([2H])[2H])c1[2H]. The average Bonchev–Trinajstić information content (AvgIpc) is 2.68. The van der Waals surface area contributed by atoms with E-state index in [2.05, 4.69) is 0 Å². The fourth-order valence-electron chi connectivity index (χ4n) is 1.31. The number of para-hydroxylation sites is 1. The summed E-state index contributed by atoms with van der Waals surface area (Å²) in [6, 6.07) is 2.61. The van der Waals surface area contributed by atoms with E-state index < -0.39 is 68.3 Å². The van der Waals surface area contributed by atoms with Gasteiger partial charge in [-0.05, 0) is 37.5 Å². The largest absolute Gasteiger partial charge is 0.485 e. The number of rotatable bonds is 6. The average molecular weight is 270 g/mol. The van der Waals surface area contributed by atoms with Gasteiger partial charge in [0.25, 0.3) is 0 Å². The van der Waals surface area contributed by atoms with Crippen LogP contribution in [0.25, 0.3) is 0 Å². The Labute approximate surface area is 136 Å². The van der Waals surface area contributed by atoms with Crippen molar-refractivity contribution in [3.8, 4) is 5.75 Å². The predicted molar refractivity (Wildman–Crippen MR) is 79.5 cm³/mol. The van der Waals surface area contributed by atoms with Gasteiger partial charge in [-0.15, -0.1) is 0 Å². The molecule has 1 atom stereocenters. The summed E-state index contributed by atoms with van der Waals surface area (Å²) in [5.41, 5.74) is -1.41. The highest BCUT2D eigenvalue weighted by molar-refractivity contribution is 5.33. The third kappa shape index (κ3) is 3.83. The predicted octanol–water partition coefficient (Wildman–Crippen LogP) is 3.72. The smallest absolute Gasteiger partial charge is 0.125 e. The fourth-order valence-corrected chi connectivity index (χ4v) is 1.31. The number of ether oxygens (including phenoxy) is 1. The van der Waals surface area contributed by atoms with Crippen molar-refractivity contribution in [1.82, 2.24) is 5.32 Å². The van der Waals surface area contributed by atoms with Crippen LogP contribution in [0.5, 0.6) is 5.75 Å². The summed E-state index contributed by atoms with van der Waals surface area (Å²) in [5.74, 6) is -1.08. The highest BCUT2D eigenvalue weighted by Gasteiger charge is 2.13. The molecule has 2 heteroatoms. The van der Waals surface area contributed by atoms with E-state index >= 15 is 0 Å². The monoisotopic (exact) mass is 270 g/mol. The number of hydrogen-bond donors (Lipinski definition) is 1. The topological polar surface area (TPSA) is 21.3 Å². The molecule has 100 valence electrons. The van der Waals surface area contributed by atoms with Gasteiger partial charge in [0.1, 0.15) is 11.8 Å². The molecule has 2 rings (SSSR count). The molecular weight excluding hydrogens is 234 g/mol. The third-order valence-corrected chi connectivity index (χ3v) is 2.13. The van der Waals surface area contributed by atoms with E-state index in [1.165, 1.54) is 23.5 Å². The lowest BCUT2D eigenvalue weighted by Crippen LogP contribution is -2.16. The number of hydrogen-bond acceptors (Lipinski definition) is 2. The van der Waals surface area contributed by atoms with Crippen LogP contribution in [0.3, 0.4) is 0 Å². The summed E-state index contributed by atoms with van der Waals surface area (Å²) in [7, 11) is 0. The normalized spacial score (nSPS) is 28.1. The van der Waals surface area contributed by atoms with Crippen LogP contribution < -0.4 is 10.1 Å². The minimum atomic E-state index is -3.57. The summed E-state index contributed by atoms with van der Waals surface area (Å²) in [5, 5.41) is 1.48. The first-order valence-corrected chi connectivity index (χ1v) is 5.32. The van der Waals surface area contributed by atoms with Gasteiger partial charge in [0.15, 0.2) is 0 Å². The van der Waals surface area contributed by atoms with Crippen LogP contribution in [0, 0.1) is 6.85 Å². The molecule has 0 saturated heterocycles. The maximum absolute atomic E-state index is 8.86. The van der Waals surface area contributed by atoms with Crippen LogP contribution in [0.15, 0.2) is 54.5 Å². The van der Waals surface area contributed by atoms with Gasteiger partial charge in [-0.3, -0.25) is 0 Å². The van der Waals surface area contributed by atoms with Gasteiger partial charge in [0.05, 0.1) is 6.85 Å². The van der Waals surface area contributed by atoms with Crippen molar-refractivity contribution in [3.63, 3.8) is 0 Å². The Bertz CT molecular complexity index is 1050. The Morgan fingerprint density at radius 2 is 2.21 bits per heavy atom. The van der Waals surface area contributed by atoms with Gasteiger partial charge >= 0.3 is 0 Å². The van der Waals surface area contributed by atoms with Gasteiger partial charge in [-0.25, -0.2) is 0 Å².